The minimum Gasteiger partial charge on any atom is -0.327 e. The standard InChI is InChI=1S/C12H15F3N2O.ClH/c1-7-3-4-9(12(13,14)15)6-10(7)17-11(18)5-8(2)16;/h3-4,6,8H,5,16H2,1-2H3,(H,17,18);1H. The second-order valence-electron chi connectivity index (χ2n) is 4.26. The molecule has 3 N–H and O–H groups in total. The van der Waals surface area contributed by atoms with Gasteiger partial charge in [-0.05, 0) is 31.5 Å². The van der Waals surface area contributed by atoms with Crippen LogP contribution in [0.4, 0.5) is 18.9 Å². The lowest BCUT2D eigenvalue weighted by Crippen LogP contribution is -2.24. The molecular weight excluding hydrogens is 281 g/mol. The molecular formula is C12H16ClF3N2O. The molecule has 1 amide bonds. The largest absolute Gasteiger partial charge is 0.416 e. The van der Waals surface area contributed by atoms with E-state index in [1.807, 2.05) is 0 Å². The molecule has 0 fully saturated rings. The molecule has 0 heterocycles. The van der Waals surface area contributed by atoms with Crippen molar-refractivity contribution >= 4 is 24.0 Å². The minimum atomic E-state index is -4.42. The molecule has 3 nitrogen and oxygen atoms in total. The van der Waals surface area contributed by atoms with E-state index in [4.69, 9.17) is 5.73 Å². The van der Waals surface area contributed by atoms with Gasteiger partial charge in [0.25, 0.3) is 0 Å². The quantitative estimate of drug-likeness (QED) is 0.900. The number of carbonyl (C=O) groups is 1. The fourth-order valence-corrected chi connectivity index (χ4v) is 1.43. The highest BCUT2D eigenvalue weighted by Gasteiger charge is 2.30. The molecule has 108 valence electrons. The lowest BCUT2D eigenvalue weighted by Gasteiger charge is -2.13. The number of anilines is 1. The maximum atomic E-state index is 12.5. The van der Waals surface area contributed by atoms with E-state index >= 15 is 0 Å². The van der Waals surface area contributed by atoms with Gasteiger partial charge in [0.2, 0.25) is 5.91 Å². The third kappa shape index (κ3) is 5.48. The zero-order valence-corrected chi connectivity index (χ0v) is 11.4. The van der Waals surface area contributed by atoms with Gasteiger partial charge in [-0.25, -0.2) is 0 Å². The molecule has 1 unspecified atom stereocenters. The van der Waals surface area contributed by atoms with Crippen LogP contribution in [0.2, 0.25) is 0 Å². The number of hydrogen-bond acceptors (Lipinski definition) is 2. The maximum absolute atomic E-state index is 12.5. The average Bonchev–Trinajstić information content (AvgIpc) is 2.18. The van der Waals surface area contributed by atoms with E-state index in [-0.39, 0.29) is 30.6 Å². The molecule has 0 saturated carbocycles. The molecule has 19 heavy (non-hydrogen) atoms. The number of amides is 1. The Morgan fingerprint density at radius 2 is 2.00 bits per heavy atom. The number of aryl methyl sites for hydroxylation is 1. The molecule has 0 aliphatic rings. The normalized spacial score (nSPS) is 12.5. The predicted octanol–water partition coefficient (Wildman–Crippen LogP) is 3.11. The zero-order chi connectivity index (χ0) is 13.9. The summed E-state index contributed by atoms with van der Waals surface area (Å²) in [5, 5.41) is 2.44. The Morgan fingerprint density at radius 1 is 1.42 bits per heavy atom. The maximum Gasteiger partial charge on any atom is 0.416 e. The fraction of sp³-hybridized carbons (Fsp3) is 0.417. The molecule has 0 aliphatic heterocycles. The first-order valence-electron chi connectivity index (χ1n) is 5.43. The van der Waals surface area contributed by atoms with Crippen molar-refractivity contribution in [1.29, 1.82) is 0 Å². The van der Waals surface area contributed by atoms with Crippen LogP contribution in [0.25, 0.3) is 0 Å². The van der Waals surface area contributed by atoms with Gasteiger partial charge in [0.15, 0.2) is 0 Å². The van der Waals surface area contributed by atoms with Crippen LogP contribution in [-0.2, 0) is 11.0 Å². The lowest BCUT2D eigenvalue weighted by atomic mass is 10.1. The molecule has 7 heteroatoms. The van der Waals surface area contributed by atoms with E-state index in [0.717, 1.165) is 12.1 Å². The van der Waals surface area contributed by atoms with Crippen LogP contribution in [0.15, 0.2) is 18.2 Å². The number of alkyl halides is 3. The third-order valence-corrected chi connectivity index (χ3v) is 2.35. The second kappa shape index (κ2) is 6.77. The first-order valence-corrected chi connectivity index (χ1v) is 5.43. The molecule has 1 aromatic rings. The highest BCUT2D eigenvalue weighted by atomic mass is 35.5. The number of nitrogens with two attached hydrogens (primary N) is 1. The highest BCUT2D eigenvalue weighted by molar-refractivity contribution is 5.91. The Kier molecular flexibility index (Phi) is 6.32. The van der Waals surface area contributed by atoms with Crippen molar-refractivity contribution in [1.82, 2.24) is 0 Å². The number of halogens is 4. The highest BCUT2D eigenvalue weighted by Crippen LogP contribution is 2.32. The molecule has 0 bridgehead atoms. The van der Waals surface area contributed by atoms with E-state index in [2.05, 4.69) is 5.32 Å². The molecule has 0 aromatic heterocycles. The van der Waals surface area contributed by atoms with Crippen molar-refractivity contribution in [2.24, 2.45) is 5.73 Å². The molecule has 0 aliphatic carbocycles. The Balaban J connectivity index is 0.00000324. The van der Waals surface area contributed by atoms with Gasteiger partial charge in [0.05, 0.1) is 5.56 Å². The van der Waals surface area contributed by atoms with Gasteiger partial charge in [-0.3, -0.25) is 4.79 Å². The number of rotatable bonds is 3. The predicted molar refractivity (Wildman–Crippen MR) is 70.3 cm³/mol. The van der Waals surface area contributed by atoms with Crippen molar-refractivity contribution < 1.29 is 18.0 Å². The fourth-order valence-electron chi connectivity index (χ4n) is 1.43. The van der Waals surface area contributed by atoms with Gasteiger partial charge in [0, 0.05) is 18.2 Å². The van der Waals surface area contributed by atoms with E-state index < -0.39 is 17.6 Å². The Morgan fingerprint density at radius 3 is 2.47 bits per heavy atom. The summed E-state index contributed by atoms with van der Waals surface area (Å²) in [7, 11) is 0. The molecule has 0 radical (unpaired) electrons. The first-order chi connectivity index (χ1) is 8.20. The third-order valence-electron chi connectivity index (χ3n) is 2.35. The monoisotopic (exact) mass is 296 g/mol. The van der Waals surface area contributed by atoms with Crippen molar-refractivity contribution in [3.8, 4) is 0 Å². The van der Waals surface area contributed by atoms with Crippen molar-refractivity contribution in [2.75, 3.05) is 5.32 Å². The van der Waals surface area contributed by atoms with Gasteiger partial charge in [-0.2, -0.15) is 13.2 Å². The minimum absolute atomic E-state index is 0. The Bertz CT molecular complexity index is 447. The summed E-state index contributed by atoms with van der Waals surface area (Å²) < 4.78 is 37.5. The van der Waals surface area contributed by atoms with Gasteiger partial charge in [-0.15, -0.1) is 12.4 Å². The SMILES string of the molecule is Cc1ccc(C(F)(F)F)cc1NC(=O)CC(C)N.Cl. The smallest absolute Gasteiger partial charge is 0.327 e. The molecule has 0 saturated heterocycles. The van der Waals surface area contributed by atoms with Crippen LogP contribution in [0.5, 0.6) is 0 Å². The van der Waals surface area contributed by atoms with E-state index in [0.29, 0.717) is 5.56 Å². The van der Waals surface area contributed by atoms with Crippen LogP contribution < -0.4 is 11.1 Å². The molecule has 1 aromatic carbocycles. The van der Waals surface area contributed by atoms with Crippen LogP contribution in [0, 0.1) is 6.92 Å². The first kappa shape index (κ1) is 17.7. The van der Waals surface area contributed by atoms with Gasteiger partial charge >= 0.3 is 6.18 Å². The molecule has 1 rings (SSSR count). The van der Waals surface area contributed by atoms with Gasteiger partial charge in [0.1, 0.15) is 0 Å². The van der Waals surface area contributed by atoms with E-state index in [9.17, 15) is 18.0 Å². The summed E-state index contributed by atoms with van der Waals surface area (Å²) in [6, 6.07) is 2.89. The van der Waals surface area contributed by atoms with Gasteiger partial charge in [-0.1, -0.05) is 6.07 Å². The van der Waals surface area contributed by atoms with Gasteiger partial charge < -0.3 is 11.1 Å². The van der Waals surface area contributed by atoms with Crippen LogP contribution in [0.3, 0.4) is 0 Å². The van der Waals surface area contributed by atoms with Crippen LogP contribution in [0.1, 0.15) is 24.5 Å². The molecule has 0 spiro atoms. The van der Waals surface area contributed by atoms with Crippen molar-refractivity contribution in [2.45, 2.75) is 32.5 Å². The van der Waals surface area contributed by atoms with Crippen molar-refractivity contribution in [3.63, 3.8) is 0 Å². The summed E-state index contributed by atoms with van der Waals surface area (Å²) in [6.45, 7) is 3.28. The average molecular weight is 297 g/mol. The van der Waals surface area contributed by atoms with E-state index in [1.165, 1.54) is 6.07 Å². The van der Waals surface area contributed by atoms with Crippen LogP contribution in [-0.4, -0.2) is 11.9 Å². The zero-order valence-electron chi connectivity index (χ0n) is 10.5. The number of carbonyl (C=O) groups excluding carboxylic acids is 1. The summed E-state index contributed by atoms with van der Waals surface area (Å²) >= 11 is 0. The number of nitrogens with one attached hydrogen (secondary N) is 1. The Hall–Kier alpha value is -1.27. The van der Waals surface area contributed by atoms with E-state index in [1.54, 1.807) is 13.8 Å². The number of benzene rings is 1. The summed E-state index contributed by atoms with van der Waals surface area (Å²) in [5.41, 5.74) is 5.39. The molecule has 1 atom stereocenters. The number of hydrogen-bond donors (Lipinski definition) is 2. The summed E-state index contributed by atoms with van der Waals surface area (Å²) in [6.07, 6.45) is -4.36. The Labute approximate surface area is 115 Å². The summed E-state index contributed by atoms with van der Waals surface area (Å²) in [5.74, 6) is -0.396. The van der Waals surface area contributed by atoms with Crippen molar-refractivity contribution in [3.05, 3.63) is 29.3 Å². The second-order valence-corrected chi connectivity index (χ2v) is 4.26. The van der Waals surface area contributed by atoms with Crippen LogP contribution >= 0.6 is 12.4 Å². The summed E-state index contributed by atoms with van der Waals surface area (Å²) in [4.78, 5) is 11.5. The lowest BCUT2D eigenvalue weighted by molar-refractivity contribution is -0.137. The topological polar surface area (TPSA) is 55.1 Å².